The van der Waals surface area contributed by atoms with Crippen molar-refractivity contribution < 1.29 is 9.59 Å². The Kier molecular flexibility index (Phi) is 5.67. The molecule has 2 saturated heterocycles. The highest BCUT2D eigenvalue weighted by Gasteiger charge is 2.32. The van der Waals surface area contributed by atoms with Crippen LogP contribution in [0.4, 0.5) is 5.82 Å². The summed E-state index contributed by atoms with van der Waals surface area (Å²) in [5.74, 6) is 0.474. The molecule has 2 aromatic rings. The first-order valence-corrected chi connectivity index (χ1v) is 9.17. The summed E-state index contributed by atoms with van der Waals surface area (Å²) in [4.78, 5) is 28.3. The van der Waals surface area contributed by atoms with Crippen LogP contribution in [0.15, 0.2) is 12.1 Å². The fourth-order valence-corrected chi connectivity index (χ4v) is 3.87. The molecule has 0 radical (unpaired) electrons. The van der Waals surface area contributed by atoms with Crippen LogP contribution in [0.5, 0.6) is 0 Å². The molecule has 2 aromatic heterocycles. The summed E-state index contributed by atoms with van der Waals surface area (Å²) in [6.45, 7) is 4.24. The molecule has 146 valence electrons. The van der Waals surface area contributed by atoms with E-state index in [4.69, 9.17) is 4.98 Å². The number of amides is 2. The maximum absolute atomic E-state index is 12.2. The zero-order chi connectivity index (χ0) is 18.3. The third-order valence-corrected chi connectivity index (χ3v) is 5.40. The Morgan fingerprint density at radius 1 is 1.26 bits per heavy atom. The van der Waals surface area contributed by atoms with Crippen LogP contribution in [-0.4, -0.2) is 45.7 Å². The van der Waals surface area contributed by atoms with Gasteiger partial charge in [-0.25, -0.2) is 4.98 Å². The molecule has 0 aliphatic carbocycles. The van der Waals surface area contributed by atoms with Gasteiger partial charge in [0.1, 0.15) is 5.82 Å². The summed E-state index contributed by atoms with van der Waals surface area (Å²) < 4.78 is 1.71. The number of rotatable bonds is 3. The molecule has 2 aliphatic heterocycles. The number of aryl methyl sites for hydroxylation is 1. The van der Waals surface area contributed by atoms with E-state index in [2.05, 4.69) is 28.0 Å². The minimum Gasteiger partial charge on any atom is -0.367 e. The average molecular weight is 393 g/mol. The lowest BCUT2D eigenvalue weighted by molar-refractivity contribution is -0.134. The molecule has 2 aliphatic rings. The van der Waals surface area contributed by atoms with Crippen molar-refractivity contribution in [1.82, 2.24) is 25.4 Å². The van der Waals surface area contributed by atoms with Gasteiger partial charge in [0.2, 0.25) is 11.8 Å². The molecule has 4 heterocycles. The molecule has 0 bridgehead atoms. The van der Waals surface area contributed by atoms with Crippen molar-refractivity contribution in [2.75, 3.05) is 18.4 Å². The van der Waals surface area contributed by atoms with E-state index < -0.39 is 5.92 Å². The van der Waals surface area contributed by atoms with Crippen molar-refractivity contribution in [3.63, 3.8) is 0 Å². The minimum absolute atomic E-state index is 0. The summed E-state index contributed by atoms with van der Waals surface area (Å²) >= 11 is 0. The average Bonchev–Trinajstić information content (AvgIpc) is 2.93. The molecule has 9 heteroatoms. The zero-order valence-electron chi connectivity index (χ0n) is 15.5. The van der Waals surface area contributed by atoms with E-state index in [1.807, 2.05) is 19.2 Å². The Balaban J connectivity index is 0.00000210. The smallest absolute Gasteiger partial charge is 0.235 e. The Morgan fingerprint density at radius 3 is 2.81 bits per heavy atom. The highest BCUT2D eigenvalue weighted by Crippen LogP contribution is 2.30. The summed E-state index contributed by atoms with van der Waals surface area (Å²) in [5.41, 5.74) is 1.44. The number of carbonyl (C=O) groups is 2. The molecular weight excluding hydrogens is 368 g/mol. The Hall–Kier alpha value is -2.19. The molecule has 0 spiro atoms. The van der Waals surface area contributed by atoms with E-state index in [1.54, 1.807) is 4.68 Å². The highest BCUT2D eigenvalue weighted by molar-refractivity contribution is 6.02. The molecule has 3 atom stereocenters. The predicted octanol–water partition coefficient (Wildman–Crippen LogP) is 1.32. The van der Waals surface area contributed by atoms with E-state index in [0.29, 0.717) is 30.5 Å². The Bertz CT molecular complexity index is 867. The van der Waals surface area contributed by atoms with Crippen LogP contribution in [0.1, 0.15) is 37.8 Å². The van der Waals surface area contributed by atoms with Gasteiger partial charge in [0.25, 0.3) is 0 Å². The molecule has 1 unspecified atom stereocenters. The number of nitrogens with zero attached hydrogens (tertiary/aromatic N) is 3. The molecule has 2 fully saturated rings. The number of hydrogen-bond donors (Lipinski definition) is 3. The standard InChI is InChI=1S/C18H24N6O2.ClH/c1-10-9-19-8-7-13(10)20-14-5-3-11-16(23-24(2)17(11)21-14)12-4-6-15(25)22-18(12)26;/h3,5,10,12-13,19H,4,6-9H2,1-2H3,(H,20,21)(H,22,25,26);1H/t10-,12?,13-;/m1./s1. The van der Waals surface area contributed by atoms with Gasteiger partial charge in [-0.3, -0.25) is 19.6 Å². The SMILES string of the molecule is C[C@@H]1CNCC[C@H]1Nc1ccc2c(C3CCC(=O)NC3=O)nn(C)c2n1.Cl. The Labute approximate surface area is 163 Å². The monoisotopic (exact) mass is 392 g/mol. The maximum atomic E-state index is 12.2. The van der Waals surface area contributed by atoms with Crippen molar-refractivity contribution in [1.29, 1.82) is 0 Å². The molecule has 0 aromatic carbocycles. The van der Waals surface area contributed by atoms with Crippen molar-refractivity contribution >= 4 is 41.1 Å². The second-order valence-corrected chi connectivity index (χ2v) is 7.30. The largest absolute Gasteiger partial charge is 0.367 e. The topological polar surface area (TPSA) is 101 Å². The highest BCUT2D eigenvalue weighted by atomic mass is 35.5. The van der Waals surface area contributed by atoms with E-state index in [-0.39, 0.29) is 24.2 Å². The second kappa shape index (κ2) is 7.82. The van der Waals surface area contributed by atoms with E-state index in [1.165, 1.54) is 0 Å². The summed E-state index contributed by atoms with van der Waals surface area (Å²) in [7, 11) is 1.83. The zero-order valence-corrected chi connectivity index (χ0v) is 16.3. The minimum atomic E-state index is -0.401. The van der Waals surface area contributed by atoms with Gasteiger partial charge in [-0.2, -0.15) is 5.10 Å². The normalized spacial score (nSPS) is 25.8. The van der Waals surface area contributed by atoms with E-state index in [9.17, 15) is 9.59 Å². The number of carbonyl (C=O) groups excluding carboxylic acids is 2. The number of anilines is 1. The van der Waals surface area contributed by atoms with E-state index in [0.717, 1.165) is 36.4 Å². The fraction of sp³-hybridized carbons (Fsp3) is 0.556. The summed E-state index contributed by atoms with van der Waals surface area (Å²) in [6, 6.07) is 4.32. The molecule has 0 saturated carbocycles. The van der Waals surface area contributed by atoms with Crippen LogP contribution in [0.25, 0.3) is 11.0 Å². The third-order valence-electron chi connectivity index (χ3n) is 5.40. The van der Waals surface area contributed by atoms with Gasteiger partial charge in [0, 0.05) is 24.9 Å². The quantitative estimate of drug-likeness (QED) is 0.681. The molecule has 27 heavy (non-hydrogen) atoms. The van der Waals surface area contributed by atoms with Crippen molar-refractivity contribution in [3.8, 4) is 0 Å². The van der Waals surface area contributed by atoms with Crippen molar-refractivity contribution in [3.05, 3.63) is 17.8 Å². The summed E-state index contributed by atoms with van der Waals surface area (Å²) in [5, 5.41) is 14.7. The first kappa shape index (κ1) is 19.6. The maximum Gasteiger partial charge on any atom is 0.235 e. The predicted molar refractivity (Wildman–Crippen MR) is 105 cm³/mol. The summed E-state index contributed by atoms with van der Waals surface area (Å²) in [6.07, 6.45) is 1.90. The van der Waals surface area contributed by atoms with Crippen molar-refractivity contribution in [2.45, 2.75) is 38.1 Å². The lowest BCUT2D eigenvalue weighted by atomic mass is 9.93. The first-order valence-electron chi connectivity index (χ1n) is 9.17. The number of halogens is 1. The number of hydrogen-bond acceptors (Lipinski definition) is 6. The van der Waals surface area contributed by atoms with Gasteiger partial charge in [-0.05, 0) is 44.0 Å². The molecule has 2 amide bonds. The first-order chi connectivity index (χ1) is 12.5. The molecule has 8 nitrogen and oxygen atoms in total. The van der Waals surface area contributed by atoms with Gasteiger partial charge >= 0.3 is 0 Å². The van der Waals surface area contributed by atoms with Crippen molar-refractivity contribution in [2.24, 2.45) is 13.0 Å². The third kappa shape index (κ3) is 3.77. The number of fused-ring (bicyclic) bond motifs is 1. The van der Waals surface area contributed by atoms with Crippen LogP contribution >= 0.6 is 12.4 Å². The lowest BCUT2D eigenvalue weighted by Crippen LogP contribution is -2.42. The van der Waals surface area contributed by atoms with Crippen LogP contribution in [0.2, 0.25) is 0 Å². The van der Waals surface area contributed by atoms with Crippen LogP contribution in [0.3, 0.4) is 0 Å². The molecule has 4 rings (SSSR count). The number of nitrogens with one attached hydrogen (secondary N) is 3. The number of pyridine rings is 1. The van der Waals surface area contributed by atoms with Gasteiger partial charge < -0.3 is 10.6 Å². The molecular formula is C18H25ClN6O2. The van der Waals surface area contributed by atoms with Gasteiger partial charge in [-0.1, -0.05) is 6.92 Å². The number of imide groups is 1. The van der Waals surface area contributed by atoms with Gasteiger partial charge in [0.05, 0.1) is 11.6 Å². The van der Waals surface area contributed by atoms with E-state index >= 15 is 0 Å². The van der Waals surface area contributed by atoms with Gasteiger partial charge in [0.15, 0.2) is 5.65 Å². The lowest BCUT2D eigenvalue weighted by Gasteiger charge is -2.30. The van der Waals surface area contributed by atoms with Gasteiger partial charge in [-0.15, -0.1) is 12.4 Å². The fourth-order valence-electron chi connectivity index (χ4n) is 3.87. The number of aromatic nitrogens is 3. The number of piperidine rings is 2. The van der Waals surface area contributed by atoms with Crippen LogP contribution in [0, 0.1) is 5.92 Å². The molecule has 3 N–H and O–H groups in total. The Morgan fingerprint density at radius 2 is 2.07 bits per heavy atom. The van der Waals surface area contributed by atoms with Crippen LogP contribution < -0.4 is 16.0 Å². The second-order valence-electron chi connectivity index (χ2n) is 7.30. The van der Waals surface area contributed by atoms with Crippen LogP contribution in [-0.2, 0) is 16.6 Å².